The van der Waals surface area contributed by atoms with Crippen LogP contribution >= 0.6 is 0 Å². The normalized spacial score (nSPS) is 12.3. The molecule has 6 heteroatoms. The smallest absolute Gasteiger partial charge is 0.231 e. The minimum atomic E-state index is 0.367. The summed E-state index contributed by atoms with van der Waals surface area (Å²) in [5.74, 6) is 2.50. The molecule has 0 amide bonds. The van der Waals surface area contributed by atoms with Gasteiger partial charge in [-0.15, -0.1) is 0 Å². The first-order valence-electron chi connectivity index (χ1n) is 7.50. The van der Waals surface area contributed by atoms with Crippen molar-refractivity contribution < 1.29 is 0 Å². The predicted octanol–water partition coefficient (Wildman–Crippen LogP) is 2.61. The van der Waals surface area contributed by atoms with Gasteiger partial charge in [-0.05, 0) is 26.2 Å². The molecule has 0 aliphatic heterocycles. The molecule has 0 aliphatic rings. The average molecular weight is 280 g/mol. The lowest BCUT2D eigenvalue weighted by atomic mass is 10.0. The molecule has 0 aromatic carbocycles. The maximum atomic E-state index is 4.55. The summed E-state index contributed by atoms with van der Waals surface area (Å²) < 4.78 is 0. The fraction of sp³-hybridized carbons (Fsp3) is 0.786. The lowest BCUT2D eigenvalue weighted by Crippen LogP contribution is -2.28. The van der Waals surface area contributed by atoms with Crippen molar-refractivity contribution >= 4 is 17.8 Å². The zero-order valence-electron chi connectivity index (χ0n) is 13.6. The highest BCUT2D eigenvalue weighted by molar-refractivity contribution is 5.43. The SMILES string of the molecule is CCC(Nc1nc(NC)nc(N(CC)CC)n1)C(C)C. The molecule has 1 rings (SSSR count). The number of nitrogens with one attached hydrogen (secondary N) is 2. The molecule has 1 atom stereocenters. The van der Waals surface area contributed by atoms with Crippen LogP contribution in [0.3, 0.4) is 0 Å². The van der Waals surface area contributed by atoms with Crippen molar-refractivity contribution in [1.82, 2.24) is 15.0 Å². The van der Waals surface area contributed by atoms with Gasteiger partial charge >= 0.3 is 0 Å². The second-order valence-corrected chi connectivity index (χ2v) is 5.11. The molecule has 2 N–H and O–H groups in total. The van der Waals surface area contributed by atoms with E-state index >= 15 is 0 Å². The van der Waals surface area contributed by atoms with E-state index in [0.717, 1.165) is 25.5 Å². The predicted molar refractivity (Wildman–Crippen MR) is 85.5 cm³/mol. The van der Waals surface area contributed by atoms with Crippen LogP contribution in [-0.4, -0.2) is 41.1 Å². The Morgan fingerprint density at radius 1 is 1.00 bits per heavy atom. The van der Waals surface area contributed by atoms with Crippen molar-refractivity contribution in [2.45, 2.75) is 47.1 Å². The summed E-state index contributed by atoms with van der Waals surface area (Å²) in [7, 11) is 1.82. The van der Waals surface area contributed by atoms with Gasteiger partial charge in [0.25, 0.3) is 0 Å². The summed E-state index contributed by atoms with van der Waals surface area (Å²) in [6.45, 7) is 12.5. The zero-order valence-corrected chi connectivity index (χ0v) is 13.6. The molecule has 0 radical (unpaired) electrons. The number of nitrogens with zero attached hydrogens (tertiary/aromatic N) is 4. The fourth-order valence-corrected chi connectivity index (χ4v) is 2.09. The molecule has 0 aliphatic carbocycles. The molecule has 114 valence electrons. The summed E-state index contributed by atoms with van der Waals surface area (Å²) in [6.07, 6.45) is 1.04. The van der Waals surface area contributed by atoms with Crippen molar-refractivity contribution in [2.24, 2.45) is 5.92 Å². The minimum absolute atomic E-state index is 0.367. The largest absolute Gasteiger partial charge is 0.357 e. The zero-order chi connectivity index (χ0) is 15.1. The number of hydrogen-bond acceptors (Lipinski definition) is 6. The number of aromatic nitrogens is 3. The third-order valence-corrected chi connectivity index (χ3v) is 3.45. The molecular weight excluding hydrogens is 252 g/mol. The van der Waals surface area contributed by atoms with Crippen molar-refractivity contribution in [1.29, 1.82) is 0 Å². The van der Waals surface area contributed by atoms with Crippen molar-refractivity contribution in [3.8, 4) is 0 Å². The molecule has 0 fully saturated rings. The van der Waals surface area contributed by atoms with Crippen molar-refractivity contribution in [3.63, 3.8) is 0 Å². The first-order chi connectivity index (χ1) is 9.55. The van der Waals surface area contributed by atoms with Crippen molar-refractivity contribution in [2.75, 3.05) is 35.7 Å². The van der Waals surface area contributed by atoms with Crippen LogP contribution in [0.2, 0.25) is 0 Å². The van der Waals surface area contributed by atoms with E-state index in [1.54, 1.807) is 0 Å². The fourth-order valence-electron chi connectivity index (χ4n) is 2.09. The Morgan fingerprint density at radius 2 is 1.60 bits per heavy atom. The minimum Gasteiger partial charge on any atom is -0.357 e. The summed E-state index contributed by atoms with van der Waals surface area (Å²) in [6, 6.07) is 0.367. The van der Waals surface area contributed by atoms with E-state index in [9.17, 15) is 0 Å². The Hall–Kier alpha value is -1.59. The summed E-state index contributed by atoms with van der Waals surface area (Å²) in [5.41, 5.74) is 0. The third kappa shape index (κ3) is 4.21. The van der Waals surface area contributed by atoms with Crippen LogP contribution in [0.1, 0.15) is 41.0 Å². The molecule has 0 spiro atoms. The van der Waals surface area contributed by atoms with E-state index in [4.69, 9.17) is 0 Å². The van der Waals surface area contributed by atoms with Gasteiger partial charge in [-0.3, -0.25) is 0 Å². The van der Waals surface area contributed by atoms with Crippen LogP contribution in [0.15, 0.2) is 0 Å². The van der Waals surface area contributed by atoms with E-state index < -0.39 is 0 Å². The summed E-state index contributed by atoms with van der Waals surface area (Å²) >= 11 is 0. The van der Waals surface area contributed by atoms with E-state index in [0.29, 0.717) is 23.9 Å². The van der Waals surface area contributed by atoms with Gasteiger partial charge in [-0.25, -0.2) is 0 Å². The van der Waals surface area contributed by atoms with Crippen LogP contribution in [0.4, 0.5) is 17.8 Å². The molecule has 1 unspecified atom stereocenters. The van der Waals surface area contributed by atoms with Crippen molar-refractivity contribution in [3.05, 3.63) is 0 Å². The maximum absolute atomic E-state index is 4.55. The first kappa shape index (κ1) is 16.5. The monoisotopic (exact) mass is 280 g/mol. The van der Waals surface area contributed by atoms with Gasteiger partial charge in [0.1, 0.15) is 0 Å². The van der Waals surface area contributed by atoms with Crippen LogP contribution in [0.25, 0.3) is 0 Å². The lowest BCUT2D eigenvalue weighted by molar-refractivity contribution is 0.508. The van der Waals surface area contributed by atoms with Gasteiger partial charge in [0.2, 0.25) is 17.8 Å². The molecule has 0 saturated heterocycles. The number of hydrogen-bond donors (Lipinski definition) is 2. The Bertz CT molecular complexity index is 403. The Labute approximate surface area is 122 Å². The van der Waals surface area contributed by atoms with Gasteiger partial charge in [0, 0.05) is 26.2 Å². The Kier molecular flexibility index (Phi) is 6.48. The molecule has 1 aromatic heterocycles. The van der Waals surface area contributed by atoms with Crippen LogP contribution in [0.5, 0.6) is 0 Å². The summed E-state index contributed by atoms with van der Waals surface area (Å²) in [4.78, 5) is 15.5. The highest BCUT2D eigenvalue weighted by atomic mass is 15.3. The van der Waals surface area contributed by atoms with Crippen LogP contribution in [0, 0.1) is 5.92 Å². The maximum Gasteiger partial charge on any atom is 0.231 e. The van der Waals surface area contributed by atoms with Crippen LogP contribution < -0.4 is 15.5 Å². The second-order valence-electron chi connectivity index (χ2n) is 5.11. The molecule has 20 heavy (non-hydrogen) atoms. The van der Waals surface area contributed by atoms with E-state index in [1.165, 1.54) is 0 Å². The second kappa shape index (κ2) is 7.87. The Morgan fingerprint density at radius 3 is 2.05 bits per heavy atom. The van der Waals surface area contributed by atoms with Gasteiger partial charge in [-0.2, -0.15) is 15.0 Å². The number of rotatable bonds is 8. The van der Waals surface area contributed by atoms with Gasteiger partial charge in [0.15, 0.2) is 0 Å². The van der Waals surface area contributed by atoms with Gasteiger partial charge < -0.3 is 15.5 Å². The molecular formula is C14H28N6. The quantitative estimate of drug-likeness (QED) is 0.763. The average Bonchev–Trinajstić information content (AvgIpc) is 2.45. The number of anilines is 3. The van der Waals surface area contributed by atoms with E-state index in [-0.39, 0.29) is 0 Å². The highest BCUT2D eigenvalue weighted by Gasteiger charge is 2.15. The Balaban J connectivity index is 3.03. The molecule has 1 heterocycles. The third-order valence-electron chi connectivity index (χ3n) is 3.45. The van der Waals surface area contributed by atoms with Gasteiger partial charge in [-0.1, -0.05) is 20.8 Å². The standard InChI is InChI=1S/C14H28N6/c1-7-11(10(4)5)16-13-17-12(15-6)18-14(19-13)20(8-2)9-3/h10-11H,7-9H2,1-6H3,(H2,15,16,17,18,19). The van der Waals surface area contributed by atoms with E-state index in [1.807, 2.05) is 7.05 Å². The lowest BCUT2D eigenvalue weighted by Gasteiger charge is -2.23. The molecule has 6 nitrogen and oxygen atoms in total. The first-order valence-corrected chi connectivity index (χ1v) is 7.50. The summed E-state index contributed by atoms with van der Waals surface area (Å²) in [5, 5.41) is 6.42. The van der Waals surface area contributed by atoms with Crippen LogP contribution in [-0.2, 0) is 0 Å². The van der Waals surface area contributed by atoms with Gasteiger partial charge in [0.05, 0.1) is 0 Å². The molecule has 0 saturated carbocycles. The highest BCUT2D eigenvalue weighted by Crippen LogP contribution is 2.16. The topological polar surface area (TPSA) is 66.0 Å². The van der Waals surface area contributed by atoms with E-state index in [2.05, 4.69) is 65.1 Å². The molecule has 1 aromatic rings. The molecule has 0 bridgehead atoms.